The number of hydrogen-bond acceptors (Lipinski definition) is 1. The molecule has 0 saturated heterocycles. The van der Waals surface area contributed by atoms with Crippen LogP contribution in [0.25, 0.3) is 0 Å². The van der Waals surface area contributed by atoms with Gasteiger partial charge in [0.1, 0.15) is 0 Å². The highest BCUT2D eigenvalue weighted by molar-refractivity contribution is 6.30. The van der Waals surface area contributed by atoms with Crippen molar-refractivity contribution in [2.75, 3.05) is 0 Å². The number of ketones is 1. The van der Waals surface area contributed by atoms with Crippen molar-refractivity contribution in [3.63, 3.8) is 0 Å². The quantitative estimate of drug-likeness (QED) is 0.777. The number of carbonyl (C=O) groups excluding carboxylic acids is 1. The summed E-state index contributed by atoms with van der Waals surface area (Å²) in [6.07, 6.45) is 0. The second-order valence-electron chi connectivity index (χ2n) is 3.60. The summed E-state index contributed by atoms with van der Waals surface area (Å²) in [6, 6.07) is 5.03. The Bertz CT molecular complexity index is 357. The second-order valence-corrected chi connectivity index (χ2v) is 4.04. The molecule has 4 heteroatoms. The minimum atomic E-state index is -3.43. The molecule has 82 valence electrons. The van der Waals surface area contributed by atoms with E-state index in [1.165, 1.54) is 38.1 Å². The fourth-order valence-electron chi connectivity index (χ4n) is 1.16. The van der Waals surface area contributed by atoms with Crippen molar-refractivity contribution < 1.29 is 13.6 Å². The molecule has 1 aromatic carbocycles. The van der Waals surface area contributed by atoms with Gasteiger partial charge in [-0.15, -0.1) is 0 Å². The van der Waals surface area contributed by atoms with E-state index >= 15 is 0 Å². The molecule has 0 aromatic heterocycles. The van der Waals surface area contributed by atoms with Crippen LogP contribution in [0, 0.1) is 5.92 Å². The van der Waals surface area contributed by atoms with Crippen molar-refractivity contribution in [2.24, 2.45) is 5.92 Å². The molecule has 0 heterocycles. The lowest BCUT2D eigenvalue weighted by molar-refractivity contribution is -0.147. The van der Waals surface area contributed by atoms with E-state index in [9.17, 15) is 13.6 Å². The Morgan fingerprint density at radius 1 is 1.27 bits per heavy atom. The van der Waals surface area contributed by atoms with Crippen LogP contribution in [0.5, 0.6) is 0 Å². The Kier molecular flexibility index (Phi) is 3.45. The minimum absolute atomic E-state index is 0.314. The Hall–Kier alpha value is -0.960. The first kappa shape index (κ1) is 12.1. The monoisotopic (exact) mass is 232 g/mol. The van der Waals surface area contributed by atoms with Crippen LogP contribution in [0.2, 0.25) is 5.02 Å². The first-order valence-electron chi connectivity index (χ1n) is 4.54. The summed E-state index contributed by atoms with van der Waals surface area (Å²) in [5.41, 5.74) is -0.314. The van der Waals surface area contributed by atoms with Gasteiger partial charge in [-0.05, 0) is 12.1 Å². The van der Waals surface area contributed by atoms with E-state index in [0.29, 0.717) is 5.02 Å². The van der Waals surface area contributed by atoms with Crippen LogP contribution in [-0.2, 0) is 10.7 Å². The lowest BCUT2D eigenvalue weighted by atomic mass is 9.97. The third-order valence-corrected chi connectivity index (χ3v) is 2.29. The maximum atomic E-state index is 13.5. The van der Waals surface area contributed by atoms with Gasteiger partial charge in [-0.25, -0.2) is 0 Å². The Morgan fingerprint density at radius 3 is 2.13 bits per heavy atom. The summed E-state index contributed by atoms with van der Waals surface area (Å²) in [5, 5.41) is 0.367. The molecule has 0 N–H and O–H groups in total. The van der Waals surface area contributed by atoms with Gasteiger partial charge >= 0.3 is 5.92 Å². The predicted octanol–water partition coefficient (Wildman–Crippen LogP) is 3.66. The van der Waals surface area contributed by atoms with Gasteiger partial charge in [-0.3, -0.25) is 4.79 Å². The van der Waals surface area contributed by atoms with E-state index in [0.717, 1.165) is 0 Å². The Morgan fingerprint density at radius 2 is 1.73 bits per heavy atom. The summed E-state index contributed by atoms with van der Waals surface area (Å²) in [7, 11) is 0. The van der Waals surface area contributed by atoms with Crippen LogP contribution in [0.3, 0.4) is 0 Å². The molecule has 0 aliphatic rings. The molecule has 0 bridgehead atoms. The van der Waals surface area contributed by atoms with Gasteiger partial charge in [-0.1, -0.05) is 37.6 Å². The highest BCUT2D eigenvalue weighted by Crippen LogP contribution is 2.32. The van der Waals surface area contributed by atoms with E-state index in [1.807, 2.05) is 0 Å². The van der Waals surface area contributed by atoms with Gasteiger partial charge < -0.3 is 0 Å². The average Bonchev–Trinajstić information content (AvgIpc) is 2.17. The average molecular weight is 233 g/mol. The SMILES string of the molecule is CC(C)C(=O)C(F)(F)c1ccc(Cl)cc1. The van der Waals surface area contributed by atoms with E-state index < -0.39 is 17.6 Å². The highest BCUT2D eigenvalue weighted by Gasteiger charge is 2.41. The van der Waals surface area contributed by atoms with E-state index in [1.54, 1.807) is 0 Å². The van der Waals surface area contributed by atoms with Crippen molar-refractivity contribution in [1.29, 1.82) is 0 Å². The molecule has 1 rings (SSSR count). The van der Waals surface area contributed by atoms with Gasteiger partial charge in [0.15, 0.2) is 0 Å². The van der Waals surface area contributed by atoms with Crippen LogP contribution in [0.1, 0.15) is 19.4 Å². The molecule has 0 atom stereocenters. The van der Waals surface area contributed by atoms with Crippen LogP contribution in [0.15, 0.2) is 24.3 Å². The maximum absolute atomic E-state index is 13.5. The van der Waals surface area contributed by atoms with E-state index in [2.05, 4.69) is 0 Å². The zero-order valence-corrected chi connectivity index (χ0v) is 9.18. The predicted molar refractivity (Wildman–Crippen MR) is 55.2 cm³/mol. The fraction of sp³-hybridized carbons (Fsp3) is 0.364. The molecule has 0 aliphatic heterocycles. The van der Waals surface area contributed by atoms with Crippen LogP contribution in [-0.4, -0.2) is 5.78 Å². The number of benzene rings is 1. The highest BCUT2D eigenvalue weighted by atomic mass is 35.5. The van der Waals surface area contributed by atoms with Crippen LogP contribution < -0.4 is 0 Å². The van der Waals surface area contributed by atoms with E-state index in [4.69, 9.17) is 11.6 Å². The zero-order chi connectivity index (χ0) is 11.6. The summed E-state index contributed by atoms with van der Waals surface area (Å²) in [6.45, 7) is 2.90. The smallest absolute Gasteiger partial charge is 0.292 e. The van der Waals surface area contributed by atoms with Gasteiger partial charge in [-0.2, -0.15) is 8.78 Å². The number of rotatable bonds is 3. The summed E-state index contributed by atoms with van der Waals surface area (Å²) in [5.74, 6) is -5.21. The number of alkyl halides is 2. The molecule has 15 heavy (non-hydrogen) atoms. The number of carbonyl (C=O) groups is 1. The largest absolute Gasteiger partial charge is 0.330 e. The Balaban J connectivity index is 3.05. The second kappa shape index (κ2) is 4.27. The molecule has 1 nitrogen and oxygen atoms in total. The fourth-order valence-corrected chi connectivity index (χ4v) is 1.29. The maximum Gasteiger partial charge on any atom is 0.330 e. The number of halogens is 3. The summed E-state index contributed by atoms with van der Waals surface area (Å²) in [4.78, 5) is 11.3. The standard InChI is InChI=1S/C11H11ClF2O/c1-7(2)10(15)11(13,14)8-3-5-9(12)6-4-8/h3-7H,1-2H3. The Labute approximate surface area is 92.1 Å². The molecule has 0 unspecified atom stereocenters. The first-order valence-corrected chi connectivity index (χ1v) is 4.91. The lowest BCUT2D eigenvalue weighted by Crippen LogP contribution is -2.29. The molecule has 0 saturated carbocycles. The van der Waals surface area contributed by atoms with Gasteiger partial charge in [0, 0.05) is 16.5 Å². The van der Waals surface area contributed by atoms with Gasteiger partial charge in [0.05, 0.1) is 0 Å². The summed E-state index contributed by atoms with van der Waals surface area (Å²) < 4.78 is 27.1. The molecule has 0 fully saturated rings. The van der Waals surface area contributed by atoms with Crippen LogP contribution >= 0.6 is 11.6 Å². The third kappa shape index (κ3) is 2.53. The lowest BCUT2D eigenvalue weighted by Gasteiger charge is -2.17. The third-order valence-electron chi connectivity index (χ3n) is 2.04. The normalized spacial score (nSPS) is 11.9. The van der Waals surface area contributed by atoms with Crippen molar-refractivity contribution in [2.45, 2.75) is 19.8 Å². The molecule has 0 radical (unpaired) electrons. The number of hydrogen-bond donors (Lipinski definition) is 0. The van der Waals surface area contributed by atoms with Crippen LogP contribution in [0.4, 0.5) is 8.78 Å². The number of Topliss-reactive ketones (excluding diaryl/α,β-unsaturated/α-hetero) is 1. The molecular formula is C11H11ClF2O. The molecular weight excluding hydrogens is 222 g/mol. The van der Waals surface area contributed by atoms with Crippen molar-refractivity contribution in [3.05, 3.63) is 34.9 Å². The molecule has 0 spiro atoms. The van der Waals surface area contributed by atoms with E-state index in [-0.39, 0.29) is 5.56 Å². The molecule has 0 aliphatic carbocycles. The van der Waals surface area contributed by atoms with Crippen molar-refractivity contribution in [1.82, 2.24) is 0 Å². The zero-order valence-electron chi connectivity index (χ0n) is 8.43. The minimum Gasteiger partial charge on any atom is -0.292 e. The topological polar surface area (TPSA) is 17.1 Å². The van der Waals surface area contributed by atoms with Gasteiger partial charge in [0.2, 0.25) is 5.78 Å². The molecule has 1 aromatic rings. The first-order chi connectivity index (χ1) is 6.85. The van der Waals surface area contributed by atoms with Gasteiger partial charge in [0.25, 0.3) is 0 Å². The van der Waals surface area contributed by atoms with Crippen molar-refractivity contribution >= 4 is 17.4 Å². The summed E-state index contributed by atoms with van der Waals surface area (Å²) >= 11 is 5.57. The molecule has 0 amide bonds. The van der Waals surface area contributed by atoms with Crippen molar-refractivity contribution in [3.8, 4) is 0 Å².